The highest BCUT2D eigenvalue weighted by atomic mass is 35.5. The molecule has 19 heavy (non-hydrogen) atoms. The summed E-state index contributed by atoms with van der Waals surface area (Å²) in [5, 5.41) is -0.439. The van der Waals surface area contributed by atoms with Crippen molar-refractivity contribution in [2.24, 2.45) is 0 Å². The van der Waals surface area contributed by atoms with E-state index in [4.69, 9.17) is 16.3 Å². The molecule has 100 valence electrons. The van der Waals surface area contributed by atoms with E-state index in [1.807, 2.05) is 24.3 Å². The van der Waals surface area contributed by atoms with Crippen molar-refractivity contribution in [3.63, 3.8) is 0 Å². The third-order valence-electron chi connectivity index (χ3n) is 2.90. The minimum atomic E-state index is -0.886. The monoisotopic (exact) mass is 282 g/mol. The molecule has 1 nitrogen and oxygen atoms in total. The number of hydrogen-bond acceptors (Lipinski definition) is 1. The fraction of sp³-hybridized carbons (Fsp3) is 0.200. The summed E-state index contributed by atoms with van der Waals surface area (Å²) in [5.41, 5.74) is 1.47. The molecule has 0 bridgehead atoms. The van der Waals surface area contributed by atoms with Crippen molar-refractivity contribution in [3.05, 3.63) is 65.2 Å². The van der Waals surface area contributed by atoms with Gasteiger partial charge in [0.25, 0.3) is 0 Å². The van der Waals surface area contributed by atoms with Gasteiger partial charge in [-0.15, -0.1) is 11.6 Å². The lowest BCUT2D eigenvalue weighted by Crippen LogP contribution is -1.99. The quantitative estimate of drug-likeness (QED) is 0.751. The average molecular weight is 283 g/mol. The predicted octanol–water partition coefficient (Wildman–Crippen LogP) is 4.50. The number of benzene rings is 2. The largest absolute Gasteiger partial charge is 0.496 e. The zero-order valence-electron chi connectivity index (χ0n) is 10.4. The summed E-state index contributed by atoms with van der Waals surface area (Å²) in [6.45, 7) is 0. The Bertz CT molecular complexity index is 572. The maximum Gasteiger partial charge on any atom is 0.159 e. The van der Waals surface area contributed by atoms with E-state index in [2.05, 4.69) is 0 Å². The van der Waals surface area contributed by atoms with E-state index in [9.17, 15) is 8.78 Å². The smallest absolute Gasteiger partial charge is 0.159 e. The van der Waals surface area contributed by atoms with Gasteiger partial charge in [0, 0.05) is 0 Å². The molecule has 0 aliphatic carbocycles. The molecule has 0 N–H and O–H groups in total. The Labute approximate surface area is 115 Å². The first-order valence-corrected chi connectivity index (χ1v) is 6.26. The SMILES string of the molecule is COc1ccccc1CC(Cl)c1ccc(F)c(F)c1. The van der Waals surface area contributed by atoms with Gasteiger partial charge >= 0.3 is 0 Å². The van der Waals surface area contributed by atoms with Crippen LogP contribution in [0.25, 0.3) is 0 Å². The van der Waals surface area contributed by atoms with Crippen molar-refractivity contribution < 1.29 is 13.5 Å². The fourth-order valence-electron chi connectivity index (χ4n) is 1.89. The maximum absolute atomic E-state index is 13.2. The first kappa shape index (κ1) is 13.8. The van der Waals surface area contributed by atoms with Crippen LogP contribution in [0.4, 0.5) is 8.78 Å². The molecule has 0 radical (unpaired) electrons. The number of hydrogen-bond donors (Lipinski definition) is 0. The summed E-state index contributed by atoms with van der Waals surface area (Å²) >= 11 is 6.25. The van der Waals surface area contributed by atoms with Gasteiger partial charge in [-0.2, -0.15) is 0 Å². The van der Waals surface area contributed by atoms with Gasteiger partial charge in [0.2, 0.25) is 0 Å². The number of rotatable bonds is 4. The minimum Gasteiger partial charge on any atom is -0.496 e. The van der Waals surface area contributed by atoms with Crippen LogP contribution in [-0.4, -0.2) is 7.11 Å². The lowest BCUT2D eigenvalue weighted by molar-refractivity contribution is 0.409. The Morgan fingerprint density at radius 3 is 2.53 bits per heavy atom. The van der Waals surface area contributed by atoms with E-state index in [0.717, 1.165) is 23.4 Å². The Kier molecular flexibility index (Phi) is 4.38. The van der Waals surface area contributed by atoms with Gasteiger partial charge in [0.1, 0.15) is 5.75 Å². The lowest BCUT2D eigenvalue weighted by Gasteiger charge is -2.13. The first-order valence-electron chi connectivity index (χ1n) is 5.82. The average Bonchev–Trinajstić information content (AvgIpc) is 2.42. The van der Waals surface area contributed by atoms with Crippen molar-refractivity contribution in [2.75, 3.05) is 7.11 Å². The maximum atomic E-state index is 13.2. The molecule has 2 aromatic carbocycles. The van der Waals surface area contributed by atoms with E-state index in [1.165, 1.54) is 6.07 Å². The number of halogens is 3. The van der Waals surface area contributed by atoms with Crippen molar-refractivity contribution in [1.82, 2.24) is 0 Å². The summed E-state index contributed by atoms with van der Waals surface area (Å²) in [4.78, 5) is 0. The third-order valence-corrected chi connectivity index (χ3v) is 3.30. The first-order chi connectivity index (χ1) is 9.11. The Balaban J connectivity index is 2.20. The van der Waals surface area contributed by atoms with Crippen LogP contribution in [-0.2, 0) is 6.42 Å². The van der Waals surface area contributed by atoms with E-state index >= 15 is 0 Å². The summed E-state index contributed by atoms with van der Waals surface area (Å²) in [6.07, 6.45) is 0.483. The number of ether oxygens (including phenoxy) is 1. The second-order valence-corrected chi connectivity index (χ2v) is 4.68. The molecular formula is C15H13ClF2O. The Morgan fingerprint density at radius 2 is 1.84 bits per heavy atom. The van der Waals surface area contributed by atoms with Gasteiger partial charge in [-0.1, -0.05) is 24.3 Å². The molecule has 0 aliphatic heterocycles. The molecule has 2 aromatic rings. The van der Waals surface area contributed by atoms with Crippen LogP contribution >= 0.6 is 11.6 Å². The van der Waals surface area contributed by atoms with Crippen LogP contribution < -0.4 is 4.74 Å². The highest BCUT2D eigenvalue weighted by Crippen LogP contribution is 2.29. The van der Waals surface area contributed by atoms with Gasteiger partial charge in [0.15, 0.2) is 11.6 Å². The Hall–Kier alpha value is -1.61. The molecule has 4 heteroatoms. The van der Waals surface area contributed by atoms with Crippen molar-refractivity contribution in [3.8, 4) is 5.75 Å². The van der Waals surface area contributed by atoms with Crippen molar-refractivity contribution >= 4 is 11.6 Å². The predicted molar refractivity (Wildman–Crippen MR) is 71.7 cm³/mol. The van der Waals surface area contributed by atoms with Crippen LogP contribution in [0.3, 0.4) is 0 Å². The van der Waals surface area contributed by atoms with E-state index in [1.54, 1.807) is 7.11 Å². The molecule has 0 amide bonds. The zero-order valence-corrected chi connectivity index (χ0v) is 11.1. The molecule has 0 aliphatic rings. The van der Waals surface area contributed by atoms with Gasteiger partial charge < -0.3 is 4.74 Å². The second-order valence-electron chi connectivity index (χ2n) is 4.16. The van der Waals surface area contributed by atoms with Crippen molar-refractivity contribution in [1.29, 1.82) is 0 Å². The standard InChI is InChI=1S/C15H13ClF2O/c1-19-15-5-3-2-4-11(15)8-12(16)10-6-7-13(17)14(18)9-10/h2-7,9,12H,8H2,1H3. The third kappa shape index (κ3) is 3.24. The number of para-hydroxylation sites is 1. The molecule has 2 rings (SSSR count). The molecule has 0 saturated heterocycles. The second kappa shape index (κ2) is 6.02. The molecule has 0 fully saturated rings. The number of alkyl halides is 1. The van der Waals surface area contributed by atoms with Gasteiger partial charge in [-0.25, -0.2) is 8.78 Å². The highest BCUT2D eigenvalue weighted by molar-refractivity contribution is 6.20. The summed E-state index contributed by atoms with van der Waals surface area (Å²) in [7, 11) is 1.58. The van der Waals surface area contributed by atoms with Gasteiger partial charge in [-0.3, -0.25) is 0 Å². The molecule has 0 aromatic heterocycles. The van der Waals surface area contributed by atoms with Crippen LogP contribution in [0.15, 0.2) is 42.5 Å². The van der Waals surface area contributed by atoms with Crippen LogP contribution in [0.1, 0.15) is 16.5 Å². The zero-order chi connectivity index (χ0) is 13.8. The van der Waals surface area contributed by atoms with Gasteiger partial charge in [-0.05, 0) is 35.7 Å². The molecule has 0 heterocycles. The molecule has 0 spiro atoms. The normalized spacial score (nSPS) is 12.2. The summed E-state index contributed by atoms with van der Waals surface area (Å²) in [6, 6.07) is 11.2. The molecule has 0 saturated carbocycles. The Morgan fingerprint density at radius 1 is 1.11 bits per heavy atom. The van der Waals surface area contributed by atoms with Gasteiger partial charge in [0.05, 0.1) is 12.5 Å². The highest BCUT2D eigenvalue weighted by Gasteiger charge is 2.14. The lowest BCUT2D eigenvalue weighted by atomic mass is 10.0. The summed E-state index contributed by atoms with van der Waals surface area (Å²) in [5.74, 6) is -1.02. The van der Waals surface area contributed by atoms with E-state index in [-0.39, 0.29) is 0 Å². The van der Waals surface area contributed by atoms with Crippen molar-refractivity contribution in [2.45, 2.75) is 11.8 Å². The topological polar surface area (TPSA) is 9.23 Å². The van der Waals surface area contributed by atoms with Crippen LogP contribution in [0, 0.1) is 11.6 Å². The van der Waals surface area contributed by atoms with E-state index in [0.29, 0.717) is 12.0 Å². The number of methoxy groups -OCH3 is 1. The summed E-state index contributed by atoms with van der Waals surface area (Å²) < 4.78 is 31.3. The molecule has 1 unspecified atom stereocenters. The van der Waals surface area contributed by atoms with Crippen LogP contribution in [0.5, 0.6) is 5.75 Å². The van der Waals surface area contributed by atoms with Crippen LogP contribution in [0.2, 0.25) is 0 Å². The molecule has 1 atom stereocenters. The van der Waals surface area contributed by atoms with E-state index < -0.39 is 17.0 Å². The fourth-order valence-corrected chi connectivity index (χ4v) is 2.19. The minimum absolute atomic E-state index is 0.439. The molecular weight excluding hydrogens is 270 g/mol.